The molecule has 1 saturated heterocycles. The Labute approximate surface area is 143 Å². The number of imide groups is 1. The minimum absolute atomic E-state index is 0.0211. The molecular formula is C17H16N4O4. The van der Waals surface area contributed by atoms with Crippen molar-refractivity contribution in [3.63, 3.8) is 0 Å². The second-order valence-corrected chi connectivity index (χ2v) is 5.54. The SMILES string of the molecule is Cc1cnc(C(=O)N[C@@H](CN2C(=O)COC2=O)c2ccccc2)cn1. The van der Waals surface area contributed by atoms with Gasteiger partial charge in [0.2, 0.25) is 0 Å². The van der Waals surface area contributed by atoms with Gasteiger partial charge in [-0.2, -0.15) is 0 Å². The van der Waals surface area contributed by atoms with Crippen molar-refractivity contribution in [3.05, 3.63) is 59.7 Å². The van der Waals surface area contributed by atoms with Gasteiger partial charge in [0.05, 0.1) is 24.5 Å². The third-order valence-electron chi connectivity index (χ3n) is 3.73. The lowest BCUT2D eigenvalue weighted by atomic mass is 10.1. The number of ether oxygens (including phenoxy) is 1. The molecule has 8 nitrogen and oxygen atoms in total. The van der Waals surface area contributed by atoms with Gasteiger partial charge in [0.25, 0.3) is 11.8 Å². The number of cyclic esters (lactones) is 1. The number of amides is 3. The number of nitrogens with zero attached hydrogens (tertiary/aromatic N) is 3. The van der Waals surface area contributed by atoms with E-state index in [1.807, 2.05) is 18.2 Å². The van der Waals surface area contributed by atoms with Gasteiger partial charge in [-0.05, 0) is 12.5 Å². The van der Waals surface area contributed by atoms with Gasteiger partial charge in [0.15, 0.2) is 6.61 Å². The predicted molar refractivity (Wildman–Crippen MR) is 86.5 cm³/mol. The lowest BCUT2D eigenvalue weighted by molar-refractivity contribution is -0.126. The Morgan fingerprint density at radius 3 is 2.60 bits per heavy atom. The normalized spacial score (nSPS) is 15.0. The van der Waals surface area contributed by atoms with Gasteiger partial charge >= 0.3 is 6.09 Å². The van der Waals surface area contributed by atoms with Crippen LogP contribution in [0.4, 0.5) is 4.79 Å². The van der Waals surface area contributed by atoms with Crippen molar-refractivity contribution in [1.29, 1.82) is 0 Å². The van der Waals surface area contributed by atoms with E-state index in [0.29, 0.717) is 5.69 Å². The molecule has 0 spiro atoms. The zero-order valence-electron chi connectivity index (χ0n) is 13.5. The Balaban J connectivity index is 1.81. The predicted octanol–water partition coefficient (Wildman–Crippen LogP) is 1.23. The summed E-state index contributed by atoms with van der Waals surface area (Å²) in [7, 11) is 0. The number of aromatic nitrogens is 2. The minimum Gasteiger partial charge on any atom is -0.439 e. The molecule has 128 valence electrons. The van der Waals surface area contributed by atoms with E-state index < -0.39 is 23.9 Å². The molecule has 0 radical (unpaired) electrons. The summed E-state index contributed by atoms with van der Waals surface area (Å²) in [6, 6.07) is 8.47. The first kappa shape index (κ1) is 16.6. The van der Waals surface area contributed by atoms with E-state index in [0.717, 1.165) is 10.5 Å². The van der Waals surface area contributed by atoms with Crippen LogP contribution in [0, 0.1) is 6.92 Å². The molecule has 0 unspecified atom stereocenters. The number of hydrogen-bond acceptors (Lipinski definition) is 6. The summed E-state index contributed by atoms with van der Waals surface area (Å²) in [5.74, 6) is -0.878. The van der Waals surface area contributed by atoms with Crippen LogP contribution in [-0.2, 0) is 9.53 Å². The zero-order valence-corrected chi connectivity index (χ0v) is 13.5. The summed E-state index contributed by atoms with van der Waals surface area (Å²) in [6.07, 6.45) is 2.16. The summed E-state index contributed by atoms with van der Waals surface area (Å²) in [6.45, 7) is 1.47. The average Bonchev–Trinajstić information content (AvgIpc) is 2.94. The van der Waals surface area contributed by atoms with Crippen LogP contribution in [0.25, 0.3) is 0 Å². The van der Waals surface area contributed by atoms with Crippen molar-refractivity contribution < 1.29 is 19.1 Å². The molecule has 0 bridgehead atoms. The van der Waals surface area contributed by atoms with Gasteiger partial charge in [-0.1, -0.05) is 30.3 Å². The lowest BCUT2D eigenvalue weighted by Crippen LogP contribution is -2.40. The molecule has 8 heteroatoms. The molecule has 3 amide bonds. The molecule has 25 heavy (non-hydrogen) atoms. The second-order valence-electron chi connectivity index (χ2n) is 5.54. The molecular weight excluding hydrogens is 324 g/mol. The topological polar surface area (TPSA) is 101 Å². The molecule has 1 atom stereocenters. The molecule has 1 aromatic carbocycles. The molecule has 1 aromatic heterocycles. The molecule has 3 rings (SSSR count). The van der Waals surface area contributed by atoms with Crippen LogP contribution >= 0.6 is 0 Å². The van der Waals surface area contributed by atoms with Crippen molar-refractivity contribution in [1.82, 2.24) is 20.2 Å². The number of carbonyl (C=O) groups excluding carboxylic acids is 3. The monoisotopic (exact) mass is 340 g/mol. The molecule has 1 N–H and O–H groups in total. The third kappa shape index (κ3) is 3.79. The van der Waals surface area contributed by atoms with Crippen molar-refractivity contribution in [3.8, 4) is 0 Å². The fourth-order valence-electron chi connectivity index (χ4n) is 2.40. The Bertz CT molecular complexity index is 776. The lowest BCUT2D eigenvalue weighted by Gasteiger charge is -2.22. The Morgan fingerprint density at radius 2 is 2.00 bits per heavy atom. The van der Waals surface area contributed by atoms with Gasteiger partial charge in [-0.25, -0.2) is 14.7 Å². The first-order valence-corrected chi connectivity index (χ1v) is 7.66. The summed E-state index contributed by atoms with van der Waals surface area (Å²) in [4.78, 5) is 45.0. The quantitative estimate of drug-likeness (QED) is 0.878. The van der Waals surface area contributed by atoms with Gasteiger partial charge < -0.3 is 10.1 Å². The summed E-state index contributed by atoms with van der Waals surface area (Å²) in [5.41, 5.74) is 1.60. The average molecular weight is 340 g/mol. The molecule has 0 saturated carbocycles. The van der Waals surface area contributed by atoms with Gasteiger partial charge in [0.1, 0.15) is 5.69 Å². The van der Waals surface area contributed by atoms with Crippen molar-refractivity contribution in [2.45, 2.75) is 13.0 Å². The van der Waals surface area contributed by atoms with E-state index in [2.05, 4.69) is 15.3 Å². The third-order valence-corrected chi connectivity index (χ3v) is 3.73. The minimum atomic E-state index is -0.713. The summed E-state index contributed by atoms with van der Waals surface area (Å²) in [5, 5.41) is 2.79. The van der Waals surface area contributed by atoms with Crippen LogP contribution in [0.5, 0.6) is 0 Å². The number of nitrogens with one attached hydrogen (secondary N) is 1. The molecule has 2 heterocycles. The fourth-order valence-corrected chi connectivity index (χ4v) is 2.40. The second kappa shape index (κ2) is 7.08. The number of rotatable bonds is 5. The van der Waals surface area contributed by atoms with Crippen LogP contribution in [0.3, 0.4) is 0 Å². The van der Waals surface area contributed by atoms with E-state index in [4.69, 9.17) is 4.74 Å². The first-order chi connectivity index (χ1) is 12.0. The van der Waals surface area contributed by atoms with Crippen LogP contribution in [0.15, 0.2) is 42.7 Å². The molecule has 2 aromatic rings. The van der Waals surface area contributed by atoms with Gasteiger partial charge in [-0.3, -0.25) is 14.6 Å². The van der Waals surface area contributed by atoms with Gasteiger partial charge in [-0.15, -0.1) is 0 Å². The van der Waals surface area contributed by atoms with E-state index >= 15 is 0 Å². The molecule has 1 fully saturated rings. The van der Waals surface area contributed by atoms with E-state index in [1.165, 1.54) is 12.4 Å². The van der Waals surface area contributed by atoms with Crippen LogP contribution < -0.4 is 5.32 Å². The summed E-state index contributed by atoms with van der Waals surface area (Å²) >= 11 is 0. The number of carbonyl (C=O) groups is 3. The Morgan fingerprint density at radius 1 is 1.24 bits per heavy atom. The van der Waals surface area contributed by atoms with Crippen LogP contribution in [0.2, 0.25) is 0 Å². The molecule has 1 aliphatic rings. The highest BCUT2D eigenvalue weighted by molar-refractivity contribution is 5.98. The van der Waals surface area contributed by atoms with Crippen LogP contribution in [0.1, 0.15) is 27.8 Å². The Hall–Kier alpha value is -3.29. The largest absolute Gasteiger partial charge is 0.439 e. The Kier molecular flexibility index (Phi) is 4.69. The highest BCUT2D eigenvalue weighted by Gasteiger charge is 2.33. The van der Waals surface area contributed by atoms with Crippen molar-refractivity contribution >= 4 is 17.9 Å². The summed E-state index contributed by atoms with van der Waals surface area (Å²) < 4.78 is 4.72. The maximum atomic E-state index is 12.4. The van der Waals surface area contributed by atoms with Crippen LogP contribution in [-0.4, -0.2) is 45.9 Å². The highest BCUT2D eigenvalue weighted by atomic mass is 16.6. The maximum Gasteiger partial charge on any atom is 0.417 e. The standard InChI is InChI=1S/C17H16N4O4/c1-11-7-19-13(8-18-11)16(23)20-14(12-5-3-2-4-6-12)9-21-15(22)10-25-17(21)24/h2-8,14H,9-10H2,1H3,(H,20,23)/t14-/m0/s1. The fraction of sp³-hybridized carbons (Fsp3) is 0.235. The highest BCUT2D eigenvalue weighted by Crippen LogP contribution is 2.18. The number of hydrogen-bond donors (Lipinski definition) is 1. The number of benzene rings is 1. The molecule has 1 aliphatic heterocycles. The van der Waals surface area contributed by atoms with Gasteiger partial charge in [0, 0.05) is 6.20 Å². The maximum absolute atomic E-state index is 12.4. The van der Waals surface area contributed by atoms with E-state index in [-0.39, 0.29) is 18.8 Å². The van der Waals surface area contributed by atoms with Crippen molar-refractivity contribution in [2.75, 3.05) is 13.2 Å². The zero-order chi connectivity index (χ0) is 17.8. The van der Waals surface area contributed by atoms with Crippen molar-refractivity contribution in [2.24, 2.45) is 0 Å². The van der Waals surface area contributed by atoms with E-state index in [1.54, 1.807) is 19.1 Å². The molecule has 0 aliphatic carbocycles. The smallest absolute Gasteiger partial charge is 0.417 e. The van der Waals surface area contributed by atoms with E-state index in [9.17, 15) is 14.4 Å². The number of aryl methyl sites for hydroxylation is 1. The first-order valence-electron chi connectivity index (χ1n) is 7.66.